The first kappa shape index (κ1) is 15.4. The Hall–Kier alpha value is -1.62. The van der Waals surface area contributed by atoms with Crippen LogP contribution in [0.15, 0.2) is 12.1 Å². The molecule has 1 aromatic carbocycles. The standard InChI is InChI=1S/C14H24N2O3/c1-10(8-15)9-16(2)14-12(18-4)6-11(17-3)7-13(14)19-5/h6-7,10H,8-9,15H2,1-5H3. The molecular formula is C14H24N2O3. The second-order valence-electron chi connectivity index (χ2n) is 4.60. The molecule has 5 heteroatoms. The van der Waals surface area contributed by atoms with Gasteiger partial charge in [0.25, 0.3) is 0 Å². The average molecular weight is 268 g/mol. The number of benzene rings is 1. The van der Waals surface area contributed by atoms with Crippen molar-refractivity contribution >= 4 is 5.69 Å². The van der Waals surface area contributed by atoms with Gasteiger partial charge in [-0.05, 0) is 12.5 Å². The van der Waals surface area contributed by atoms with Gasteiger partial charge in [0.2, 0.25) is 0 Å². The van der Waals surface area contributed by atoms with Crippen molar-refractivity contribution in [2.75, 3.05) is 46.4 Å². The van der Waals surface area contributed by atoms with E-state index in [1.165, 1.54) is 0 Å². The number of anilines is 1. The van der Waals surface area contributed by atoms with Crippen LogP contribution < -0.4 is 24.8 Å². The van der Waals surface area contributed by atoms with E-state index in [-0.39, 0.29) is 0 Å². The predicted octanol–water partition coefficient (Wildman–Crippen LogP) is 1.74. The maximum atomic E-state index is 5.68. The Morgan fingerprint density at radius 1 is 1.11 bits per heavy atom. The SMILES string of the molecule is COc1cc(OC)c(N(C)CC(C)CN)c(OC)c1. The first-order valence-corrected chi connectivity index (χ1v) is 6.28. The van der Waals surface area contributed by atoms with E-state index in [1.807, 2.05) is 19.2 Å². The number of hydrogen-bond acceptors (Lipinski definition) is 5. The summed E-state index contributed by atoms with van der Waals surface area (Å²) < 4.78 is 16.1. The monoisotopic (exact) mass is 268 g/mol. The summed E-state index contributed by atoms with van der Waals surface area (Å²) in [5, 5.41) is 0. The maximum absolute atomic E-state index is 5.68. The zero-order valence-corrected chi connectivity index (χ0v) is 12.4. The molecular weight excluding hydrogens is 244 g/mol. The smallest absolute Gasteiger partial charge is 0.149 e. The van der Waals surface area contributed by atoms with Crippen LogP contribution in [0.25, 0.3) is 0 Å². The van der Waals surface area contributed by atoms with Crippen molar-refractivity contribution in [3.63, 3.8) is 0 Å². The van der Waals surface area contributed by atoms with E-state index in [0.717, 1.165) is 23.7 Å². The van der Waals surface area contributed by atoms with Crippen molar-refractivity contribution in [3.05, 3.63) is 12.1 Å². The minimum Gasteiger partial charge on any atom is -0.496 e. The zero-order chi connectivity index (χ0) is 14.4. The minimum absolute atomic E-state index is 0.390. The van der Waals surface area contributed by atoms with E-state index >= 15 is 0 Å². The zero-order valence-electron chi connectivity index (χ0n) is 12.4. The highest BCUT2D eigenvalue weighted by Crippen LogP contribution is 2.41. The normalized spacial score (nSPS) is 11.9. The van der Waals surface area contributed by atoms with Gasteiger partial charge in [0, 0.05) is 25.7 Å². The van der Waals surface area contributed by atoms with Gasteiger partial charge in [-0.25, -0.2) is 0 Å². The molecule has 1 unspecified atom stereocenters. The van der Waals surface area contributed by atoms with Gasteiger partial charge in [-0.3, -0.25) is 0 Å². The quantitative estimate of drug-likeness (QED) is 0.816. The minimum atomic E-state index is 0.390. The molecule has 0 aliphatic rings. The summed E-state index contributed by atoms with van der Waals surface area (Å²) in [6.07, 6.45) is 0. The maximum Gasteiger partial charge on any atom is 0.149 e. The Morgan fingerprint density at radius 2 is 1.63 bits per heavy atom. The lowest BCUT2D eigenvalue weighted by atomic mass is 10.1. The first-order valence-electron chi connectivity index (χ1n) is 6.28. The van der Waals surface area contributed by atoms with Crippen LogP contribution in [0.4, 0.5) is 5.69 Å². The van der Waals surface area contributed by atoms with Crippen LogP contribution in [-0.2, 0) is 0 Å². The van der Waals surface area contributed by atoms with Gasteiger partial charge in [-0.15, -0.1) is 0 Å². The largest absolute Gasteiger partial charge is 0.496 e. The molecule has 0 amide bonds. The highest BCUT2D eigenvalue weighted by atomic mass is 16.5. The second-order valence-corrected chi connectivity index (χ2v) is 4.60. The van der Waals surface area contributed by atoms with Gasteiger partial charge in [-0.2, -0.15) is 0 Å². The van der Waals surface area contributed by atoms with Crippen LogP contribution in [0.3, 0.4) is 0 Å². The molecule has 0 aliphatic heterocycles. The van der Waals surface area contributed by atoms with Crippen molar-refractivity contribution in [3.8, 4) is 17.2 Å². The summed E-state index contributed by atoms with van der Waals surface area (Å²) in [7, 11) is 6.89. The number of methoxy groups -OCH3 is 3. The van der Waals surface area contributed by atoms with Crippen LogP contribution in [0, 0.1) is 5.92 Å². The summed E-state index contributed by atoms with van der Waals surface area (Å²) in [5.74, 6) is 2.55. The van der Waals surface area contributed by atoms with Crippen LogP contribution in [0.5, 0.6) is 17.2 Å². The highest BCUT2D eigenvalue weighted by molar-refractivity contribution is 5.70. The van der Waals surface area contributed by atoms with Gasteiger partial charge in [0.15, 0.2) is 0 Å². The van der Waals surface area contributed by atoms with E-state index in [2.05, 4.69) is 11.8 Å². The summed E-state index contributed by atoms with van der Waals surface area (Å²) >= 11 is 0. The molecule has 0 spiro atoms. The summed E-state index contributed by atoms with van der Waals surface area (Å²) in [6, 6.07) is 3.70. The molecule has 0 saturated heterocycles. The van der Waals surface area contributed by atoms with Gasteiger partial charge in [0.05, 0.1) is 21.3 Å². The van der Waals surface area contributed by atoms with E-state index in [9.17, 15) is 0 Å². The summed E-state index contributed by atoms with van der Waals surface area (Å²) in [6.45, 7) is 3.58. The Balaban J connectivity index is 3.15. The summed E-state index contributed by atoms with van der Waals surface area (Å²) in [5.41, 5.74) is 6.58. The molecule has 0 aliphatic carbocycles. The number of rotatable bonds is 7. The lowest BCUT2D eigenvalue weighted by Gasteiger charge is -2.26. The molecule has 0 fully saturated rings. The lowest BCUT2D eigenvalue weighted by Crippen LogP contribution is -2.28. The Morgan fingerprint density at radius 3 is 2.00 bits per heavy atom. The van der Waals surface area contributed by atoms with E-state index in [4.69, 9.17) is 19.9 Å². The molecule has 1 rings (SSSR count). The third-order valence-electron chi connectivity index (χ3n) is 3.06. The molecule has 2 N–H and O–H groups in total. The molecule has 1 atom stereocenters. The number of hydrogen-bond donors (Lipinski definition) is 1. The fourth-order valence-electron chi connectivity index (χ4n) is 2.00. The van der Waals surface area contributed by atoms with E-state index < -0.39 is 0 Å². The van der Waals surface area contributed by atoms with E-state index in [0.29, 0.717) is 18.2 Å². The van der Waals surface area contributed by atoms with Crippen molar-refractivity contribution in [1.82, 2.24) is 0 Å². The van der Waals surface area contributed by atoms with Crippen molar-refractivity contribution in [2.24, 2.45) is 11.7 Å². The van der Waals surface area contributed by atoms with Crippen LogP contribution in [-0.4, -0.2) is 41.5 Å². The first-order chi connectivity index (χ1) is 9.07. The molecule has 1 aromatic rings. The molecule has 0 radical (unpaired) electrons. The van der Waals surface area contributed by atoms with Gasteiger partial charge in [0.1, 0.15) is 22.9 Å². The fourth-order valence-corrected chi connectivity index (χ4v) is 2.00. The third-order valence-corrected chi connectivity index (χ3v) is 3.06. The molecule has 5 nitrogen and oxygen atoms in total. The van der Waals surface area contributed by atoms with Gasteiger partial charge >= 0.3 is 0 Å². The van der Waals surface area contributed by atoms with Crippen LogP contribution >= 0.6 is 0 Å². The van der Waals surface area contributed by atoms with Crippen LogP contribution in [0.2, 0.25) is 0 Å². The van der Waals surface area contributed by atoms with Crippen molar-refractivity contribution in [2.45, 2.75) is 6.92 Å². The van der Waals surface area contributed by atoms with Gasteiger partial charge < -0.3 is 24.8 Å². The predicted molar refractivity (Wildman–Crippen MR) is 77.6 cm³/mol. The summed E-state index contributed by atoms with van der Waals surface area (Å²) in [4.78, 5) is 2.09. The average Bonchev–Trinajstić information content (AvgIpc) is 2.44. The Labute approximate surface area is 115 Å². The molecule has 0 bridgehead atoms. The van der Waals surface area contributed by atoms with Crippen molar-refractivity contribution in [1.29, 1.82) is 0 Å². The Kier molecular flexibility index (Phi) is 5.76. The molecule has 0 aromatic heterocycles. The van der Waals surface area contributed by atoms with Gasteiger partial charge in [-0.1, -0.05) is 6.92 Å². The number of nitrogens with two attached hydrogens (primary N) is 1. The highest BCUT2D eigenvalue weighted by Gasteiger charge is 2.18. The molecule has 0 heterocycles. The fraction of sp³-hybridized carbons (Fsp3) is 0.571. The number of nitrogens with zero attached hydrogens (tertiary/aromatic N) is 1. The second kappa shape index (κ2) is 7.09. The van der Waals surface area contributed by atoms with Crippen molar-refractivity contribution < 1.29 is 14.2 Å². The molecule has 19 heavy (non-hydrogen) atoms. The molecule has 0 saturated carbocycles. The number of ether oxygens (including phenoxy) is 3. The van der Waals surface area contributed by atoms with E-state index in [1.54, 1.807) is 21.3 Å². The van der Waals surface area contributed by atoms with Crippen LogP contribution in [0.1, 0.15) is 6.92 Å². The third kappa shape index (κ3) is 3.67. The molecule has 108 valence electrons. The topological polar surface area (TPSA) is 57.0 Å². The lowest BCUT2D eigenvalue weighted by molar-refractivity contribution is 0.375. The Bertz CT molecular complexity index is 385.